The number of nitrogens with zero attached hydrogens (tertiary/aromatic N) is 1. The van der Waals surface area contributed by atoms with Crippen molar-refractivity contribution in [3.8, 4) is 11.5 Å². The molecule has 0 saturated carbocycles. The summed E-state index contributed by atoms with van der Waals surface area (Å²) in [5, 5.41) is 8.70. The van der Waals surface area contributed by atoms with Crippen molar-refractivity contribution < 1.29 is 24.2 Å². The number of ether oxygens (including phenoxy) is 2. The molecule has 6 nitrogen and oxygen atoms in total. The van der Waals surface area contributed by atoms with Gasteiger partial charge in [0.25, 0.3) is 5.91 Å². The van der Waals surface area contributed by atoms with Gasteiger partial charge in [-0.05, 0) is 19.1 Å². The first-order valence-electron chi connectivity index (χ1n) is 6.26. The van der Waals surface area contributed by atoms with E-state index < -0.39 is 5.97 Å². The summed E-state index contributed by atoms with van der Waals surface area (Å²) in [5.41, 5.74) is 0.411. The lowest BCUT2D eigenvalue weighted by atomic mass is 10.1. The predicted molar refractivity (Wildman–Crippen MR) is 73.4 cm³/mol. The minimum atomic E-state index is -0.931. The molecule has 0 saturated heterocycles. The van der Waals surface area contributed by atoms with Crippen LogP contribution >= 0.6 is 0 Å². The van der Waals surface area contributed by atoms with E-state index in [4.69, 9.17) is 14.6 Å². The van der Waals surface area contributed by atoms with Gasteiger partial charge in [-0.15, -0.1) is 0 Å². The zero-order chi connectivity index (χ0) is 15.1. The van der Waals surface area contributed by atoms with Crippen LogP contribution in [0.2, 0.25) is 0 Å². The summed E-state index contributed by atoms with van der Waals surface area (Å²) < 4.78 is 10.2. The molecule has 0 aliphatic carbocycles. The number of methoxy groups -OCH3 is 2. The fraction of sp³-hybridized carbons (Fsp3) is 0.429. The second-order valence-electron chi connectivity index (χ2n) is 4.13. The number of amides is 1. The van der Waals surface area contributed by atoms with Crippen molar-refractivity contribution in [2.75, 3.05) is 27.3 Å². The van der Waals surface area contributed by atoms with Crippen LogP contribution in [-0.4, -0.2) is 49.2 Å². The van der Waals surface area contributed by atoms with E-state index in [-0.39, 0.29) is 18.9 Å². The third-order valence-corrected chi connectivity index (χ3v) is 2.86. The summed E-state index contributed by atoms with van der Waals surface area (Å²) in [6, 6.07) is 4.88. The molecule has 0 spiro atoms. The first-order valence-corrected chi connectivity index (χ1v) is 6.26. The lowest BCUT2D eigenvalue weighted by Gasteiger charge is -2.20. The highest BCUT2D eigenvalue weighted by molar-refractivity contribution is 5.95. The molecular weight excluding hydrogens is 262 g/mol. The maximum Gasteiger partial charge on any atom is 0.305 e. The van der Waals surface area contributed by atoms with Crippen LogP contribution in [0.15, 0.2) is 18.2 Å². The first kappa shape index (κ1) is 15.8. The highest BCUT2D eigenvalue weighted by Gasteiger charge is 2.17. The van der Waals surface area contributed by atoms with Gasteiger partial charge < -0.3 is 19.5 Å². The fourth-order valence-corrected chi connectivity index (χ4v) is 1.75. The molecule has 0 radical (unpaired) electrons. The summed E-state index contributed by atoms with van der Waals surface area (Å²) in [6.45, 7) is 2.41. The topological polar surface area (TPSA) is 76.1 Å². The van der Waals surface area contributed by atoms with E-state index in [2.05, 4.69) is 0 Å². The number of carbonyl (C=O) groups is 2. The lowest BCUT2D eigenvalue weighted by Crippen LogP contribution is -2.32. The van der Waals surface area contributed by atoms with Gasteiger partial charge in [0.05, 0.1) is 20.6 Å². The Bertz CT molecular complexity index is 464. The molecule has 6 heteroatoms. The average molecular weight is 281 g/mol. The van der Waals surface area contributed by atoms with E-state index in [1.54, 1.807) is 25.1 Å². The maximum absolute atomic E-state index is 12.3. The van der Waals surface area contributed by atoms with E-state index in [9.17, 15) is 9.59 Å². The van der Waals surface area contributed by atoms with Crippen LogP contribution in [0, 0.1) is 0 Å². The molecule has 0 bridgehead atoms. The Labute approximate surface area is 117 Å². The first-order chi connectivity index (χ1) is 9.51. The molecule has 1 aromatic carbocycles. The maximum atomic E-state index is 12.3. The standard InChI is InChI=1S/C14H19NO5/c1-4-15(6-5-13(16)17)14(18)10-7-11(19-2)9-12(8-10)20-3/h7-9H,4-6H2,1-3H3,(H,16,17). The van der Waals surface area contributed by atoms with Crippen LogP contribution in [0.5, 0.6) is 11.5 Å². The minimum absolute atomic E-state index is 0.0827. The molecule has 1 N–H and O–H groups in total. The SMILES string of the molecule is CCN(CCC(=O)O)C(=O)c1cc(OC)cc(OC)c1. The predicted octanol–water partition coefficient (Wildman–Crippen LogP) is 1.64. The Hall–Kier alpha value is -2.24. The Morgan fingerprint density at radius 1 is 1.15 bits per heavy atom. The summed E-state index contributed by atoms with van der Waals surface area (Å²) >= 11 is 0. The molecule has 0 unspecified atom stereocenters. The van der Waals surface area contributed by atoms with Gasteiger partial charge in [0.15, 0.2) is 0 Å². The molecule has 0 aliphatic rings. The van der Waals surface area contributed by atoms with Gasteiger partial charge in [-0.25, -0.2) is 0 Å². The monoisotopic (exact) mass is 281 g/mol. The third-order valence-electron chi connectivity index (χ3n) is 2.86. The number of benzene rings is 1. The zero-order valence-corrected chi connectivity index (χ0v) is 11.9. The molecule has 1 aromatic rings. The second-order valence-corrected chi connectivity index (χ2v) is 4.13. The van der Waals surface area contributed by atoms with E-state index in [1.807, 2.05) is 0 Å². The Morgan fingerprint density at radius 2 is 1.70 bits per heavy atom. The van der Waals surface area contributed by atoms with Crippen molar-refractivity contribution >= 4 is 11.9 Å². The summed E-state index contributed by atoms with van der Waals surface area (Å²) in [4.78, 5) is 24.4. The largest absolute Gasteiger partial charge is 0.497 e. The highest BCUT2D eigenvalue weighted by Crippen LogP contribution is 2.23. The van der Waals surface area contributed by atoms with Gasteiger partial charge in [-0.3, -0.25) is 9.59 Å². The van der Waals surface area contributed by atoms with Crippen molar-refractivity contribution in [2.24, 2.45) is 0 Å². The van der Waals surface area contributed by atoms with Gasteiger partial charge in [0.2, 0.25) is 0 Å². The molecule has 0 heterocycles. The van der Waals surface area contributed by atoms with E-state index >= 15 is 0 Å². The number of carbonyl (C=O) groups excluding carboxylic acids is 1. The Balaban J connectivity index is 2.96. The minimum Gasteiger partial charge on any atom is -0.497 e. The quantitative estimate of drug-likeness (QED) is 0.822. The molecule has 1 amide bonds. The van der Waals surface area contributed by atoms with Crippen molar-refractivity contribution in [1.29, 1.82) is 0 Å². The number of hydrogen-bond donors (Lipinski definition) is 1. The molecule has 1 rings (SSSR count). The van der Waals surface area contributed by atoms with E-state index in [0.717, 1.165) is 0 Å². The van der Waals surface area contributed by atoms with Crippen molar-refractivity contribution in [3.05, 3.63) is 23.8 Å². The summed E-state index contributed by atoms with van der Waals surface area (Å²) in [7, 11) is 3.01. The number of carboxylic acids is 1. The number of rotatable bonds is 7. The Morgan fingerprint density at radius 3 is 2.10 bits per heavy atom. The van der Waals surface area contributed by atoms with Crippen LogP contribution < -0.4 is 9.47 Å². The normalized spacial score (nSPS) is 9.95. The summed E-state index contributed by atoms with van der Waals surface area (Å²) in [6.07, 6.45) is -0.0827. The molecular formula is C14H19NO5. The Kier molecular flexibility index (Phi) is 5.83. The van der Waals surface area contributed by atoms with Crippen LogP contribution in [-0.2, 0) is 4.79 Å². The number of carboxylic acid groups (broad SMARTS) is 1. The van der Waals surface area contributed by atoms with E-state index in [1.165, 1.54) is 19.1 Å². The molecule has 0 fully saturated rings. The van der Waals surface area contributed by atoms with Gasteiger partial charge in [0.1, 0.15) is 11.5 Å². The second kappa shape index (κ2) is 7.37. The van der Waals surface area contributed by atoms with Crippen LogP contribution in [0.3, 0.4) is 0 Å². The highest BCUT2D eigenvalue weighted by atomic mass is 16.5. The van der Waals surface area contributed by atoms with Gasteiger partial charge >= 0.3 is 5.97 Å². The van der Waals surface area contributed by atoms with Crippen molar-refractivity contribution in [2.45, 2.75) is 13.3 Å². The van der Waals surface area contributed by atoms with E-state index in [0.29, 0.717) is 23.6 Å². The zero-order valence-electron chi connectivity index (χ0n) is 11.9. The van der Waals surface area contributed by atoms with Crippen molar-refractivity contribution in [3.63, 3.8) is 0 Å². The van der Waals surface area contributed by atoms with Gasteiger partial charge in [-0.1, -0.05) is 0 Å². The van der Waals surface area contributed by atoms with Crippen molar-refractivity contribution in [1.82, 2.24) is 4.90 Å². The number of aliphatic carboxylic acids is 1. The smallest absolute Gasteiger partial charge is 0.305 e. The third kappa shape index (κ3) is 4.15. The molecule has 20 heavy (non-hydrogen) atoms. The molecule has 0 aromatic heterocycles. The van der Waals surface area contributed by atoms with Crippen LogP contribution in [0.25, 0.3) is 0 Å². The molecule has 0 aliphatic heterocycles. The molecule has 0 atom stereocenters. The van der Waals surface area contributed by atoms with Crippen LogP contribution in [0.1, 0.15) is 23.7 Å². The molecule has 110 valence electrons. The van der Waals surface area contributed by atoms with Crippen LogP contribution in [0.4, 0.5) is 0 Å². The average Bonchev–Trinajstić information content (AvgIpc) is 2.46. The van der Waals surface area contributed by atoms with Gasteiger partial charge in [0, 0.05) is 24.7 Å². The lowest BCUT2D eigenvalue weighted by molar-refractivity contribution is -0.137. The fourth-order valence-electron chi connectivity index (χ4n) is 1.75. The number of hydrogen-bond acceptors (Lipinski definition) is 4. The van der Waals surface area contributed by atoms with Gasteiger partial charge in [-0.2, -0.15) is 0 Å². The summed E-state index contributed by atoms with van der Waals surface area (Å²) in [5.74, 6) is -0.144.